The predicted molar refractivity (Wildman–Crippen MR) is 129 cm³/mol. The molecule has 0 spiro atoms. The number of amides is 2. The van der Waals surface area contributed by atoms with Crippen molar-refractivity contribution in [1.82, 2.24) is 14.8 Å². The minimum absolute atomic E-state index is 0.0162. The van der Waals surface area contributed by atoms with Crippen LogP contribution < -0.4 is 5.32 Å². The van der Waals surface area contributed by atoms with Gasteiger partial charge in [-0.1, -0.05) is 24.3 Å². The summed E-state index contributed by atoms with van der Waals surface area (Å²) < 4.78 is 5.13. The Morgan fingerprint density at radius 1 is 1.09 bits per heavy atom. The topological polar surface area (TPSA) is 78.7 Å². The third kappa shape index (κ3) is 4.53. The fourth-order valence-corrected chi connectivity index (χ4v) is 5.16. The number of furan rings is 1. The summed E-state index contributed by atoms with van der Waals surface area (Å²) in [6.45, 7) is 5.67. The maximum atomic E-state index is 13.2. The summed E-state index contributed by atoms with van der Waals surface area (Å²) in [5.41, 5.74) is 3.11. The van der Waals surface area contributed by atoms with Crippen molar-refractivity contribution in [1.29, 1.82) is 0 Å². The second-order valence-electron chi connectivity index (χ2n) is 8.11. The Morgan fingerprint density at radius 2 is 1.91 bits per heavy atom. The van der Waals surface area contributed by atoms with E-state index in [4.69, 9.17) is 4.42 Å². The zero-order valence-electron chi connectivity index (χ0n) is 18.3. The van der Waals surface area contributed by atoms with Gasteiger partial charge in [0.2, 0.25) is 0 Å². The number of aryl methyl sites for hydroxylation is 1. The third-order valence-corrected chi connectivity index (χ3v) is 7.00. The number of hydrogen-bond donors (Lipinski definition) is 1. The normalized spacial score (nSPS) is 14.5. The molecule has 33 heavy (non-hydrogen) atoms. The quantitative estimate of drug-likeness (QED) is 0.477. The molecule has 0 unspecified atom stereocenters. The minimum Gasteiger partial charge on any atom is -0.459 e. The van der Waals surface area contributed by atoms with Gasteiger partial charge in [0.05, 0.1) is 21.7 Å². The van der Waals surface area contributed by atoms with E-state index in [2.05, 4.69) is 39.5 Å². The molecular formula is C25H24N4O3S. The number of para-hydroxylation sites is 1. The molecule has 2 amide bonds. The first-order valence-electron chi connectivity index (χ1n) is 10.9. The number of fused-ring (bicyclic) bond motifs is 1. The van der Waals surface area contributed by atoms with Gasteiger partial charge >= 0.3 is 0 Å². The molecule has 7 nitrogen and oxygen atoms in total. The highest BCUT2D eigenvalue weighted by Crippen LogP contribution is 2.29. The number of pyridine rings is 1. The summed E-state index contributed by atoms with van der Waals surface area (Å²) in [5, 5.41) is 4.60. The Hall–Kier alpha value is -3.49. The van der Waals surface area contributed by atoms with Crippen LogP contribution in [0.15, 0.2) is 65.4 Å². The second kappa shape index (κ2) is 9.17. The van der Waals surface area contributed by atoms with E-state index in [1.807, 2.05) is 30.2 Å². The molecule has 4 heterocycles. The zero-order valence-corrected chi connectivity index (χ0v) is 19.1. The van der Waals surface area contributed by atoms with Crippen molar-refractivity contribution in [2.24, 2.45) is 0 Å². The summed E-state index contributed by atoms with van der Waals surface area (Å²) in [6.07, 6.45) is 3.29. The van der Waals surface area contributed by atoms with Crippen LogP contribution in [0, 0.1) is 6.92 Å². The monoisotopic (exact) mass is 460 g/mol. The van der Waals surface area contributed by atoms with Crippen LogP contribution in [-0.4, -0.2) is 52.8 Å². The molecule has 0 bridgehead atoms. The van der Waals surface area contributed by atoms with Gasteiger partial charge in [0.1, 0.15) is 0 Å². The van der Waals surface area contributed by atoms with Crippen molar-refractivity contribution >= 4 is 39.1 Å². The number of benzene rings is 1. The number of carbonyl (C=O) groups excluding carboxylic acids is 2. The molecule has 8 heteroatoms. The van der Waals surface area contributed by atoms with E-state index in [0.29, 0.717) is 23.0 Å². The lowest BCUT2D eigenvalue weighted by molar-refractivity contribution is 0.0633. The van der Waals surface area contributed by atoms with Crippen LogP contribution in [0.5, 0.6) is 0 Å². The number of hydrogen-bond acceptors (Lipinski definition) is 6. The number of rotatable bonds is 5. The van der Waals surface area contributed by atoms with Crippen LogP contribution in [-0.2, 0) is 6.54 Å². The smallest absolute Gasteiger partial charge is 0.291 e. The first-order chi connectivity index (χ1) is 16.1. The first-order valence-corrected chi connectivity index (χ1v) is 11.7. The van der Waals surface area contributed by atoms with Gasteiger partial charge in [0.25, 0.3) is 11.8 Å². The lowest BCUT2D eigenvalue weighted by Crippen LogP contribution is -2.48. The number of thiophene rings is 1. The van der Waals surface area contributed by atoms with Gasteiger partial charge in [-0.25, -0.2) is 0 Å². The van der Waals surface area contributed by atoms with Gasteiger partial charge in [-0.15, -0.1) is 11.3 Å². The average Bonchev–Trinajstić information content (AvgIpc) is 3.49. The lowest BCUT2D eigenvalue weighted by atomic mass is 10.1. The fraction of sp³-hybridized carbons (Fsp3) is 0.240. The van der Waals surface area contributed by atoms with Crippen molar-refractivity contribution < 1.29 is 14.0 Å². The van der Waals surface area contributed by atoms with Gasteiger partial charge in [-0.2, -0.15) is 0 Å². The highest BCUT2D eigenvalue weighted by molar-refractivity contribution is 7.18. The Balaban J connectivity index is 1.21. The summed E-state index contributed by atoms with van der Waals surface area (Å²) in [5.74, 6) is -0.0642. The molecule has 168 valence electrons. The largest absolute Gasteiger partial charge is 0.459 e. The van der Waals surface area contributed by atoms with Crippen molar-refractivity contribution in [3.05, 3.63) is 82.8 Å². The maximum Gasteiger partial charge on any atom is 0.291 e. The van der Waals surface area contributed by atoms with Crippen LogP contribution in [0.4, 0.5) is 5.00 Å². The van der Waals surface area contributed by atoms with Gasteiger partial charge in [0, 0.05) is 44.3 Å². The van der Waals surface area contributed by atoms with E-state index in [0.717, 1.165) is 36.1 Å². The van der Waals surface area contributed by atoms with E-state index in [9.17, 15) is 9.59 Å². The van der Waals surface area contributed by atoms with E-state index in [1.54, 1.807) is 12.1 Å². The molecule has 0 aliphatic carbocycles. The Bertz CT molecular complexity index is 1280. The second-order valence-corrected chi connectivity index (χ2v) is 9.17. The molecule has 5 rings (SSSR count). The van der Waals surface area contributed by atoms with Crippen LogP contribution in [0.3, 0.4) is 0 Å². The molecule has 0 saturated carbocycles. The van der Waals surface area contributed by atoms with Crippen LogP contribution in [0.25, 0.3) is 10.9 Å². The molecule has 1 fully saturated rings. The standard InChI is InChI=1S/C25H24N4O3S/c1-17-15-21(27-24(30)20-8-4-14-32-20)33-23(17)25(31)29-12-10-28(11-13-29)16-19-6-2-5-18-7-3-9-26-22(18)19/h2-9,14-15H,10-13,16H2,1H3,(H,27,30). The van der Waals surface area contributed by atoms with Crippen molar-refractivity contribution in [2.45, 2.75) is 13.5 Å². The van der Waals surface area contributed by atoms with E-state index in [-0.39, 0.29) is 17.6 Å². The number of nitrogens with zero attached hydrogens (tertiary/aromatic N) is 3. The average molecular weight is 461 g/mol. The van der Waals surface area contributed by atoms with E-state index in [1.165, 1.54) is 23.2 Å². The van der Waals surface area contributed by atoms with Gasteiger partial charge < -0.3 is 14.6 Å². The van der Waals surface area contributed by atoms with Gasteiger partial charge in [-0.05, 0) is 42.3 Å². The Kier molecular flexibility index (Phi) is 5.93. The lowest BCUT2D eigenvalue weighted by Gasteiger charge is -2.34. The maximum absolute atomic E-state index is 13.2. The summed E-state index contributed by atoms with van der Waals surface area (Å²) in [4.78, 5) is 34.9. The summed E-state index contributed by atoms with van der Waals surface area (Å²) >= 11 is 1.30. The van der Waals surface area contributed by atoms with Crippen LogP contribution in [0.2, 0.25) is 0 Å². The highest BCUT2D eigenvalue weighted by Gasteiger charge is 2.25. The zero-order chi connectivity index (χ0) is 22.8. The molecule has 1 N–H and O–H groups in total. The van der Waals surface area contributed by atoms with E-state index < -0.39 is 0 Å². The molecular weight excluding hydrogens is 436 g/mol. The molecule has 1 aliphatic rings. The van der Waals surface area contributed by atoms with Gasteiger partial charge in [-0.3, -0.25) is 19.5 Å². The molecule has 1 aliphatic heterocycles. The molecule has 4 aromatic rings. The number of anilines is 1. The number of piperazine rings is 1. The van der Waals surface area contributed by atoms with Crippen LogP contribution >= 0.6 is 11.3 Å². The number of aromatic nitrogens is 1. The molecule has 0 radical (unpaired) electrons. The minimum atomic E-state index is -0.322. The fourth-order valence-electron chi connectivity index (χ4n) is 4.13. The van der Waals surface area contributed by atoms with Crippen LogP contribution in [0.1, 0.15) is 31.4 Å². The summed E-state index contributed by atoms with van der Waals surface area (Å²) in [7, 11) is 0. The SMILES string of the molecule is Cc1cc(NC(=O)c2ccco2)sc1C(=O)N1CCN(Cc2cccc3cccnc23)CC1. The van der Waals surface area contributed by atoms with Gasteiger partial charge in [0.15, 0.2) is 5.76 Å². The van der Waals surface area contributed by atoms with E-state index >= 15 is 0 Å². The number of nitrogens with one attached hydrogen (secondary N) is 1. The Morgan fingerprint density at radius 3 is 2.70 bits per heavy atom. The van der Waals surface area contributed by atoms with Crippen molar-refractivity contribution in [3.8, 4) is 0 Å². The van der Waals surface area contributed by atoms with Crippen molar-refractivity contribution in [3.63, 3.8) is 0 Å². The Labute approximate surface area is 195 Å². The number of carbonyl (C=O) groups is 2. The first kappa shape index (κ1) is 21.4. The molecule has 1 aromatic carbocycles. The third-order valence-electron chi connectivity index (χ3n) is 5.86. The van der Waals surface area contributed by atoms with Crippen molar-refractivity contribution in [2.75, 3.05) is 31.5 Å². The summed E-state index contributed by atoms with van der Waals surface area (Å²) in [6, 6.07) is 15.4. The molecule has 1 saturated heterocycles. The predicted octanol–water partition coefficient (Wildman–Crippen LogP) is 4.41. The molecule has 0 atom stereocenters. The highest BCUT2D eigenvalue weighted by atomic mass is 32.1. The molecule has 3 aromatic heterocycles.